The van der Waals surface area contributed by atoms with E-state index in [1.54, 1.807) is 10.7 Å². The van der Waals surface area contributed by atoms with Gasteiger partial charge in [0.2, 0.25) is 11.7 Å². The van der Waals surface area contributed by atoms with Gasteiger partial charge in [0.05, 0.1) is 24.3 Å². The predicted molar refractivity (Wildman–Crippen MR) is 127 cm³/mol. The smallest absolute Gasteiger partial charge is 0.272 e. The van der Waals surface area contributed by atoms with Crippen LogP contribution in [0.5, 0.6) is 0 Å². The lowest BCUT2D eigenvalue weighted by Gasteiger charge is -2.39. The number of aryl methyl sites for hydroxylation is 2. The Kier molecular flexibility index (Phi) is 6.46. The van der Waals surface area contributed by atoms with Crippen molar-refractivity contribution < 1.29 is 27.6 Å². The monoisotopic (exact) mass is 514 g/mol. The number of aromatic nitrogens is 4. The molecule has 1 saturated heterocycles. The first kappa shape index (κ1) is 24.9. The van der Waals surface area contributed by atoms with Crippen LogP contribution >= 0.6 is 0 Å². The van der Waals surface area contributed by atoms with Crippen LogP contribution in [0.25, 0.3) is 22.3 Å². The Morgan fingerprint density at radius 1 is 1.30 bits per heavy atom. The molecule has 2 atom stereocenters. The molecule has 4 aromatic rings. The minimum absolute atomic E-state index is 0.0382. The number of aliphatic hydroxyl groups is 1. The fourth-order valence-corrected chi connectivity index (χ4v) is 4.64. The molecule has 2 aromatic carbocycles. The van der Waals surface area contributed by atoms with Crippen LogP contribution in [0.3, 0.4) is 0 Å². The number of carbonyl (C=O) groups is 1. The molecule has 2 N–H and O–H groups in total. The zero-order valence-electron chi connectivity index (χ0n) is 20.2. The van der Waals surface area contributed by atoms with Crippen LogP contribution < -0.4 is 5.32 Å². The molecule has 0 spiro atoms. The Labute approximate surface area is 209 Å². The molecule has 9 nitrogen and oxygen atoms in total. The topological polar surface area (TPSA) is 109 Å². The van der Waals surface area contributed by atoms with E-state index in [0.29, 0.717) is 5.56 Å². The lowest BCUT2D eigenvalue weighted by atomic mass is 9.92. The molecule has 0 aliphatic carbocycles. The highest BCUT2D eigenvalue weighted by atomic mass is 19.3. The van der Waals surface area contributed by atoms with Crippen molar-refractivity contribution in [1.29, 1.82) is 0 Å². The first-order chi connectivity index (χ1) is 17.6. The third-order valence-corrected chi connectivity index (χ3v) is 6.62. The summed E-state index contributed by atoms with van der Waals surface area (Å²) in [5.74, 6) is -5.74. The number of nitrogens with zero attached hydrogens (tertiary/aromatic N) is 5. The number of fused-ring (bicyclic) bond motifs is 1. The molecular formula is C25H25F3N6O3. The van der Waals surface area contributed by atoms with Crippen molar-refractivity contribution >= 4 is 16.8 Å². The number of benzene rings is 2. The fourth-order valence-electron chi connectivity index (χ4n) is 4.64. The highest BCUT2D eigenvalue weighted by Crippen LogP contribution is 2.40. The van der Waals surface area contributed by atoms with Crippen molar-refractivity contribution in [1.82, 2.24) is 30.1 Å². The highest BCUT2D eigenvalue weighted by molar-refractivity contribution is 5.94. The van der Waals surface area contributed by atoms with Gasteiger partial charge in [-0.2, -0.15) is 10.1 Å². The average molecular weight is 515 g/mol. The number of amides is 1. The Morgan fingerprint density at radius 3 is 2.86 bits per heavy atom. The van der Waals surface area contributed by atoms with Crippen LogP contribution in [0.2, 0.25) is 0 Å². The molecule has 0 saturated carbocycles. The van der Waals surface area contributed by atoms with Crippen LogP contribution in [0.4, 0.5) is 13.2 Å². The summed E-state index contributed by atoms with van der Waals surface area (Å²) in [6, 6.07) is 10.6. The van der Waals surface area contributed by atoms with E-state index in [4.69, 9.17) is 4.52 Å². The molecule has 0 radical (unpaired) electrons. The summed E-state index contributed by atoms with van der Waals surface area (Å²) in [6.07, 6.45) is -1.39. The van der Waals surface area contributed by atoms with E-state index in [0.717, 1.165) is 22.7 Å². The van der Waals surface area contributed by atoms with Gasteiger partial charge in [0.15, 0.2) is 0 Å². The Balaban J connectivity index is 1.24. The molecule has 3 heterocycles. The minimum Gasteiger partial charge on any atom is -0.376 e. The summed E-state index contributed by atoms with van der Waals surface area (Å²) in [4.78, 5) is 17.6. The van der Waals surface area contributed by atoms with Crippen LogP contribution in [-0.4, -0.2) is 67.6 Å². The molecule has 1 aliphatic rings. The second-order valence-corrected chi connectivity index (χ2v) is 9.17. The van der Waals surface area contributed by atoms with Gasteiger partial charge in [0.25, 0.3) is 11.8 Å². The van der Waals surface area contributed by atoms with Crippen molar-refractivity contribution in [3.8, 4) is 11.4 Å². The van der Waals surface area contributed by atoms with Crippen molar-refractivity contribution in [2.24, 2.45) is 7.05 Å². The third kappa shape index (κ3) is 4.94. The average Bonchev–Trinajstić information content (AvgIpc) is 3.46. The van der Waals surface area contributed by atoms with Crippen molar-refractivity contribution in [2.75, 3.05) is 19.6 Å². The number of hydrogen-bond acceptors (Lipinski definition) is 7. The first-order valence-corrected chi connectivity index (χ1v) is 11.7. The van der Waals surface area contributed by atoms with Gasteiger partial charge in [-0.25, -0.2) is 13.2 Å². The number of nitrogens with one attached hydrogen (secondary N) is 1. The molecule has 37 heavy (non-hydrogen) atoms. The number of hydrogen-bond donors (Lipinski definition) is 2. The van der Waals surface area contributed by atoms with Gasteiger partial charge in [-0.1, -0.05) is 23.4 Å². The van der Waals surface area contributed by atoms with Gasteiger partial charge >= 0.3 is 0 Å². The number of aliphatic hydroxyl groups excluding tert-OH is 1. The van der Waals surface area contributed by atoms with Crippen LogP contribution in [0, 0.1) is 12.7 Å². The highest BCUT2D eigenvalue weighted by Gasteiger charge is 2.49. The summed E-state index contributed by atoms with van der Waals surface area (Å²) < 4.78 is 50.5. The third-order valence-electron chi connectivity index (χ3n) is 6.62. The lowest BCUT2D eigenvalue weighted by Crippen LogP contribution is -2.54. The molecule has 1 fully saturated rings. The molecule has 1 amide bonds. The lowest BCUT2D eigenvalue weighted by molar-refractivity contribution is -0.129. The van der Waals surface area contributed by atoms with E-state index in [2.05, 4.69) is 20.6 Å². The normalized spacial score (nSPS) is 18.7. The predicted octanol–water partition coefficient (Wildman–Crippen LogP) is 3.24. The quantitative estimate of drug-likeness (QED) is 0.407. The first-order valence-electron chi connectivity index (χ1n) is 11.7. The molecule has 12 heteroatoms. The Hall–Kier alpha value is -3.77. The van der Waals surface area contributed by atoms with Crippen LogP contribution in [0.15, 0.2) is 47.0 Å². The van der Waals surface area contributed by atoms with Gasteiger partial charge in [-0.05, 0) is 37.6 Å². The van der Waals surface area contributed by atoms with Gasteiger partial charge in [-0.3, -0.25) is 14.4 Å². The van der Waals surface area contributed by atoms with Gasteiger partial charge in [0.1, 0.15) is 18.0 Å². The van der Waals surface area contributed by atoms with Crippen LogP contribution in [0.1, 0.15) is 34.3 Å². The maximum atomic E-state index is 15.1. The van der Waals surface area contributed by atoms with E-state index in [-0.39, 0.29) is 36.8 Å². The molecule has 5 rings (SSSR count). The maximum Gasteiger partial charge on any atom is 0.272 e. The zero-order chi connectivity index (χ0) is 26.3. The van der Waals surface area contributed by atoms with E-state index in [9.17, 15) is 14.3 Å². The summed E-state index contributed by atoms with van der Waals surface area (Å²) in [7, 11) is 1.82. The van der Waals surface area contributed by atoms with Crippen molar-refractivity contribution in [3.05, 3.63) is 65.4 Å². The molecule has 1 aliphatic heterocycles. The summed E-state index contributed by atoms with van der Waals surface area (Å²) in [5, 5.41) is 22.1. The van der Waals surface area contributed by atoms with E-state index in [1.165, 1.54) is 23.1 Å². The summed E-state index contributed by atoms with van der Waals surface area (Å²) in [5.41, 5.74) is 2.43. The maximum absolute atomic E-state index is 15.1. The molecule has 2 unspecified atom stereocenters. The van der Waals surface area contributed by atoms with Crippen molar-refractivity contribution in [2.45, 2.75) is 31.4 Å². The van der Waals surface area contributed by atoms with E-state index >= 15 is 8.78 Å². The largest absolute Gasteiger partial charge is 0.376 e. The number of carbonyl (C=O) groups excluding carboxylic acids is 1. The second-order valence-electron chi connectivity index (χ2n) is 9.17. The zero-order valence-corrected chi connectivity index (χ0v) is 20.2. The summed E-state index contributed by atoms with van der Waals surface area (Å²) >= 11 is 0. The Bertz CT molecular complexity index is 1450. The van der Waals surface area contributed by atoms with Gasteiger partial charge in [0, 0.05) is 30.1 Å². The molecular weight excluding hydrogens is 489 g/mol. The number of likely N-dealkylation sites (tertiary alicyclic amines) is 1. The van der Waals surface area contributed by atoms with Gasteiger partial charge in [-0.15, -0.1) is 0 Å². The number of halogens is 3. The van der Waals surface area contributed by atoms with E-state index < -0.39 is 36.3 Å². The molecule has 194 valence electrons. The fraction of sp³-hybridized carbons (Fsp3) is 0.360. The standard InChI is InChI=1S/C25H25F3N6O3/c1-14-18-7-6-15(11-20(18)33(2)31-14)22-30-24(37-32-22)19-8-9-34(13-25(19,27)28)21(35)12-29-23(36)16-4-3-5-17(26)10-16/h3-7,10-11,19,21,35H,8-9,12-13H2,1-2H3,(H,29,36). The van der Waals surface area contributed by atoms with E-state index in [1.807, 2.05) is 26.1 Å². The molecule has 2 aromatic heterocycles. The Morgan fingerprint density at radius 2 is 2.11 bits per heavy atom. The number of piperidine rings is 1. The number of rotatable bonds is 6. The van der Waals surface area contributed by atoms with Crippen molar-refractivity contribution in [3.63, 3.8) is 0 Å². The summed E-state index contributed by atoms with van der Waals surface area (Å²) in [6.45, 7) is 0.969. The number of alkyl halides is 2. The minimum atomic E-state index is -3.27. The van der Waals surface area contributed by atoms with Crippen LogP contribution in [-0.2, 0) is 7.05 Å². The van der Waals surface area contributed by atoms with Gasteiger partial charge < -0.3 is 14.9 Å². The second kappa shape index (κ2) is 9.60. The molecule has 0 bridgehead atoms. The SMILES string of the molecule is Cc1nn(C)c2cc(-c3noc(C4CCN(C(O)CNC(=O)c5cccc(F)c5)CC4(F)F)n3)ccc12.